The van der Waals surface area contributed by atoms with E-state index < -0.39 is 0 Å². The van der Waals surface area contributed by atoms with E-state index in [4.69, 9.17) is 0 Å². The molecule has 0 radical (unpaired) electrons. The van der Waals surface area contributed by atoms with Crippen molar-refractivity contribution in [2.24, 2.45) is 5.92 Å². The number of nitrogens with one attached hydrogen (secondary N) is 1. The molecule has 0 bridgehead atoms. The van der Waals surface area contributed by atoms with Gasteiger partial charge in [-0.1, -0.05) is 32.0 Å². The quantitative estimate of drug-likeness (QED) is 0.883. The van der Waals surface area contributed by atoms with Crippen LogP contribution in [0.5, 0.6) is 0 Å². The molecule has 4 heteroatoms. The van der Waals surface area contributed by atoms with Gasteiger partial charge in [0.15, 0.2) is 0 Å². The first kappa shape index (κ1) is 15.7. The molecule has 1 aromatic heterocycles. The Balaban J connectivity index is 2.13. The summed E-state index contributed by atoms with van der Waals surface area (Å²) in [6.07, 6.45) is 0. The maximum absolute atomic E-state index is 13.8. The molecule has 2 rings (SSSR count). The zero-order valence-corrected chi connectivity index (χ0v) is 13.3. The number of aromatic nitrogens is 2. The van der Waals surface area contributed by atoms with Gasteiger partial charge in [0.05, 0.1) is 12.2 Å². The molecule has 1 heterocycles. The van der Waals surface area contributed by atoms with Crippen molar-refractivity contribution in [3.05, 3.63) is 52.6 Å². The van der Waals surface area contributed by atoms with Gasteiger partial charge in [-0.15, -0.1) is 0 Å². The SMILES string of the molecule is Cc1nn(Cc2ccccc2F)c(C)c1CNCC(C)C. The lowest BCUT2D eigenvalue weighted by molar-refractivity contribution is 0.549. The van der Waals surface area contributed by atoms with Gasteiger partial charge in [0.2, 0.25) is 0 Å². The molecule has 1 aromatic carbocycles. The van der Waals surface area contributed by atoms with Crippen LogP contribution in [-0.2, 0) is 13.1 Å². The molecule has 0 amide bonds. The fourth-order valence-corrected chi connectivity index (χ4v) is 2.42. The minimum atomic E-state index is -0.176. The molecule has 0 unspecified atom stereocenters. The topological polar surface area (TPSA) is 29.9 Å². The van der Waals surface area contributed by atoms with E-state index in [0.29, 0.717) is 18.0 Å². The van der Waals surface area contributed by atoms with Crippen LogP contribution in [0, 0.1) is 25.6 Å². The van der Waals surface area contributed by atoms with E-state index in [9.17, 15) is 4.39 Å². The summed E-state index contributed by atoms with van der Waals surface area (Å²) >= 11 is 0. The molecule has 0 saturated carbocycles. The number of nitrogens with zero attached hydrogens (tertiary/aromatic N) is 2. The summed E-state index contributed by atoms with van der Waals surface area (Å²) in [6.45, 7) is 10.7. The Bertz CT molecular complexity index is 602. The highest BCUT2D eigenvalue weighted by Crippen LogP contribution is 2.16. The molecule has 0 aliphatic carbocycles. The summed E-state index contributed by atoms with van der Waals surface area (Å²) in [5, 5.41) is 8.00. The van der Waals surface area contributed by atoms with Gasteiger partial charge in [0.1, 0.15) is 5.82 Å². The summed E-state index contributed by atoms with van der Waals surface area (Å²) < 4.78 is 15.6. The Labute approximate surface area is 126 Å². The predicted octanol–water partition coefficient (Wildman–Crippen LogP) is 3.43. The summed E-state index contributed by atoms with van der Waals surface area (Å²) in [4.78, 5) is 0. The zero-order chi connectivity index (χ0) is 15.4. The van der Waals surface area contributed by atoms with Crippen molar-refractivity contribution in [1.82, 2.24) is 15.1 Å². The highest BCUT2D eigenvalue weighted by atomic mass is 19.1. The molecule has 0 aliphatic heterocycles. The van der Waals surface area contributed by atoms with Gasteiger partial charge in [-0.2, -0.15) is 5.10 Å². The van der Waals surface area contributed by atoms with Crippen molar-refractivity contribution in [3.63, 3.8) is 0 Å². The van der Waals surface area contributed by atoms with Crippen LogP contribution in [0.3, 0.4) is 0 Å². The summed E-state index contributed by atoms with van der Waals surface area (Å²) in [7, 11) is 0. The molecule has 0 atom stereocenters. The van der Waals surface area contributed by atoms with Crippen LogP contribution in [-0.4, -0.2) is 16.3 Å². The van der Waals surface area contributed by atoms with Crippen molar-refractivity contribution >= 4 is 0 Å². The first-order chi connectivity index (χ1) is 9.99. The summed E-state index contributed by atoms with van der Waals surface area (Å²) in [5.74, 6) is 0.448. The number of benzene rings is 1. The van der Waals surface area contributed by atoms with Crippen molar-refractivity contribution in [3.8, 4) is 0 Å². The fraction of sp³-hybridized carbons (Fsp3) is 0.471. The second-order valence-electron chi connectivity index (χ2n) is 5.92. The van der Waals surface area contributed by atoms with Crippen molar-refractivity contribution in [2.75, 3.05) is 6.54 Å². The van der Waals surface area contributed by atoms with Gasteiger partial charge < -0.3 is 5.32 Å². The van der Waals surface area contributed by atoms with Gasteiger partial charge in [0, 0.05) is 23.4 Å². The lowest BCUT2D eigenvalue weighted by Gasteiger charge is -2.09. The standard InChI is InChI=1S/C17H24FN3/c1-12(2)9-19-10-16-13(3)20-21(14(16)4)11-15-7-5-6-8-17(15)18/h5-8,12,19H,9-11H2,1-4H3. The van der Waals surface area contributed by atoms with Gasteiger partial charge in [-0.25, -0.2) is 4.39 Å². The zero-order valence-electron chi connectivity index (χ0n) is 13.3. The monoisotopic (exact) mass is 289 g/mol. The Kier molecular flexibility index (Phi) is 5.12. The first-order valence-electron chi connectivity index (χ1n) is 7.46. The third-order valence-electron chi connectivity index (χ3n) is 3.66. The minimum absolute atomic E-state index is 0.176. The van der Waals surface area contributed by atoms with E-state index in [0.717, 1.165) is 24.5 Å². The van der Waals surface area contributed by atoms with E-state index in [1.54, 1.807) is 6.07 Å². The molecular weight excluding hydrogens is 265 g/mol. The maximum Gasteiger partial charge on any atom is 0.128 e. The first-order valence-corrected chi connectivity index (χ1v) is 7.46. The van der Waals surface area contributed by atoms with Crippen LogP contribution in [0.1, 0.15) is 36.4 Å². The van der Waals surface area contributed by atoms with E-state index in [-0.39, 0.29) is 5.82 Å². The minimum Gasteiger partial charge on any atom is -0.312 e. The Morgan fingerprint density at radius 2 is 1.95 bits per heavy atom. The Morgan fingerprint density at radius 3 is 2.62 bits per heavy atom. The lowest BCUT2D eigenvalue weighted by atomic mass is 10.1. The second kappa shape index (κ2) is 6.85. The van der Waals surface area contributed by atoms with Gasteiger partial charge in [0.25, 0.3) is 0 Å². The number of hydrogen-bond donors (Lipinski definition) is 1. The summed E-state index contributed by atoms with van der Waals surface area (Å²) in [6, 6.07) is 6.87. The Hall–Kier alpha value is -1.68. The van der Waals surface area contributed by atoms with Crippen LogP contribution in [0.15, 0.2) is 24.3 Å². The molecule has 0 fully saturated rings. The molecule has 0 saturated heterocycles. The average molecular weight is 289 g/mol. The predicted molar refractivity (Wildman–Crippen MR) is 83.7 cm³/mol. The lowest BCUT2D eigenvalue weighted by Crippen LogP contribution is -2.19. The molecule has 1 N–H and O–H groups in total. The third-order valence-corrected chi connectivity index (χ3v) is 3.66. The van der Waals surface area contributed by atoms with Crippen molar-refractivity contribution < 1.29 is 4.39 Å². The molecule has 0 aliphatic rings. The smallest absolute Gasteiger partial charge is 0.128 e. The van der Waals surface area contributed by atoms with Crippen LogP contribution >= 0.6 is 0 Å². The van der Waals surface area contributed by atoms with E-state index in [1.807, 2.05) is 30.7 Å². The van der Waals surface area contributed by atoms with Crippen LogP contribution < -0.4 is 5.32 Å². The molecule has 114 valence electrons. The molecule has 2 aromatic rings. The van der Waals surface area contributed by atoms with Gasteiger partial charge in [-0.05, 0) is 32.4 Å². The fourth-order valence-electron chi connectivity index (χ4n) is 2.42. The molecule has 21 heavy (non-hydrogen) atoms. The average Bonchev–Trinajstić information content (AvgIpc) is 2.68. The molecular formula is C17H24FN3. The molecule has 3 nitrogen and oxygen atoms in total. The maximum atomic E-state index is 13.8. The highest BCUT2D eigenvalue weighted by Gasteiger charge is 2.12. The van der Waals surface area contributed by atoms with Crippen LogP contribution in [0.25, 0.3) is 0 Å². The Morgan fingerprint density at radius 1 is 1.24 bits per heavy atom. The highest BCUT2D eigenvalue weighted by molar-refractivity contribution is 5.26. The number of aryl methyl sites for hydroxylation is 1. The van der Waals surface area contributed by atoms with E-state index >= 15 is 0 Å². The van der Waals surface area contributed by atoms with Crippen molar-refractivity contribution in [1.29, 1.82) is 0 Å². The van der Waals surface area contributed by atoms with Crippen LogP contribution in [0.2, 0.25) is 0 Å². The third kappa shape index (κ3) is 3.91. The van der Waals surface area contributed by atoms with E-state index in [2.05, 4.69) is 24.3 Å². The number of halogens is 1. The largest absolute Gasteiger partial charge is 0.312 e. The number of rotatable bonds is 6. The second-order valence-corrected chi connectivity index (χ2v) is 5.92. The molecule has 0 spiro atoms. The van der Waals surface area contributed by atoms with Crippen molar-refractivity contribution in [2.45, 2.75) is 40.8 Å². The van der Waals surface area contributed by atoms with Crippen LogP contribution in [0.4, 0.5) is 4.39 Å². The summed E-state index contributed by atoms with van der Waals surface area (Å²) in [5.41, 5.74) is 4.00. The van der Waals surface area contributed by atoms with Gasteiger partial charge in [-0.3, -0.25) is 4.68 Å². The number of hydrogen-bond acceptors (Lipinski definition) is 2. The normalized spacial score (nSPS) is 11.3. The van der Waals surface area contributed by atoms with Gasteiger partial charge >= 0.3 is 0 Å². The van der Waals surface area contributed by atoms with E-state index in [1.165, 1.54) is 11.6 Å².